The Bertz CT molecular complexity index is 198. The Hall–Kier alpha value is -0.763. The summed E-state index contributed by atoms with van der Waals surface area (Å²) < 4.78 is 0. The largest absolute Gasteiger partial charge is 0.399 e. The number of anilines is 1. The molecule has 0 aliphatic rings. The van der Waals surface area contributed by atoms with Crippen LogP contribution in [-0.4, -0.2) is 9.52 Å². The molecule has 2 heteroatoms. The second-order valence-electron chi connectivity index (χ2n) is 2.10. The van der Waals surface area contributed by atoms with Gasteiger partial charge in [-0.2, -0.15) is 0 Å². The summed E-state index contributed by atoms with van der Waals surface area (Å²) >= 11 is 0. The lowest BCUT2D eigenvalue weighted by Crippen LogP contribution is -2.09. The van der Waals surface area contributed by atoms with Crippen LogP contribution in [0.5, 0.6) is 0 Å². The molecular weight excluding hydrogens is 126 g/mol. The van der Waals surface area contributed by atoms with Gasteiger partial charge in [-0.15, -0.1) is 0 Å². The lowest BCUT2D eigenvalue weighted by molar-refractivity contribution is 1.73. The van der Waals surface area contributed by atoms with Crippen molar-refractivity contribution in [1.82, 2.24) is 0 Å². The van der Waals surface area contributed by atoms with Crippen molar-refractivity contribution in [3.8, 4) is 0 Å². The van der Waals surface area contributed by atoms with Crippen LogP contribution >= 0.6 is 0 Å². The molecule has 9 heavy (non-hydrogen) atoms. The standard InChI is InChI=1S/C7H11NSi/c1-9-7-4-2-3-6(8)5-7/h2-5H,8-9H2,1H3. The molecule has 2 N–H and O–H groups in total. The number of rotatable bonds is 1. The molecule has 1 rings (SSSR count). The van der Waals surface area contributed by atoms with Gasteiger partial charge < -0.3 is 5.73 Å². The first-order valence-corrected chi connectivity index (χ1v) is 5.29. The molecule has 0 aromatic heterocycles. The first kappa shape index (κ1) is 6.36. The van der Waals surface area contributed by atoms with Gasteiger partial charge in [0.25, 0.3) is 0 Å². The van der Waals surface area contributed by atoms with E-state index in [1.807, 2.05) is 12.1 Å². The molecule has 0 saturated carbocycles. The molecule has 48 valence electrons. The highest BCUT2D eigenvalue weighted by Gasteiger charge is 1.86. The van der Waals surface area contributed by atoms with Crippen molar-refractivity contribution in [1.29, 1.82) is 0 Å². The van der Waals surface area contributed by atoms with Gasteiger partial charge in [0.05, 0.1) is 9.52 Å². The van der Waals surface area contributed by atoms with Crippen molar-refractivity contribution in [2.45, 2.75) is 6.55 Å². The van der Waals surface area contributed by atoms with Crippen molar-refractivity contribution < 1.29 is 0 Å². The third-order valence-corrected chi connectivity index (χ3v) is 2.62. The third-order valence-electron chi connectivity index (χ3n) is 1.36. The SMILES string of the molecule is C[SiH2]c1cccc(N)c1. The summed E-state index contributed by atoms with van der Waals surface area (Å²) in [5.74, 6) is 0. The molecule has 0 fully saturated rings. The van der Waals surface area contributed by atoms with E-state index < -0.39 is 0 Å². The van der Waals surface area contributed by atoms with Gasteiger partial charge in [-0.3, -0.25) is 0 Å². The molecular formula is C7H11NSi. The number of hydrogen-bond donors (Lipinski definition) is 1. The van der Waals surface area contributed by atoms with Crippen molar-refractivity contribution in [3.05, 3.63) is 24.3 Å². The Kier molecular flexibility index (Phi) is 1.90. The highest BCUT2D eigenvalue weighted by Crippen LogP contribution is 1.94. The predicted octanol–water partition coefficient (Wildman–Crippen LogP) is 0.111. The van der Waals surface area contributed by atoms with Crippen LogP contribution < -0.4 is 10.9 Å². The summed E-state index contributed by atoms with van der Waals surface area (Å²) in [4.78, 5) is 0. The lowest BCUT2D eigenvalue weighted by Gasteiger charge is -1.95. The second kappa shape index (κ2) is 2.69. The Morgan fingerprint density at radius 1 is 1.44 bits per heavy atom. The van der Waals surface area contributed by atoms with E-state index in [1.54, 1.807) is 0 Å². The summed E-state index contributed by atoms with van der Waals surface area (Å²) in [5, 5.41) is 1.44. The van der Waals surface area contributed by atoms with Crippen LogP contribution in [0.2, 0.25) is 6.55 Å². The van der Waals surface area contributed by atoms with Gasteiger partial charge in [0.1, 0.15) is 0 Å². The average molecular weight is 137 g/mol. The quantitative estimate of drug-likeness (QED) is 0.431. The van der Waals surface area contributed by atoms with Crippen molar-refractivity contribution >= 4 is 20.4 Å². The molecule has 0 amide bonds. The number of nitrogens with two attached hydrogens (primary N) is 1. The molecule has 0 unspecified atom stereocenters. The molecule has 0 aliphatic heterocycles. The van der Waals surface area contributed by atoms with Gasteiger partial charge >= 0.3 is 0 Å². The highest BCUT2D eigenvalue weighted by atomic mass is 28.2. The predicted molar refractivity (Wildman–Crippen MR) is 44.9 cm³/mol. The highest BCUT2D eigenvalue weighted by molar-refractivity contribution is 6.52. The molecule has 1 aromatic rings. The number of nitrogen functional groups attached to an aromatic ring is 1. The second-order valence-corrected chi connectivity index (χ2v) is 3.62. The summed E-state index contributed by atoms with van der Waals surface area (Å²) in [6.07, 6.45) is 0. The first-order chi connectivity index (χ1) is 4.33. The summed E-state index contributed by atoms with van der Waals surface area (Å²) in [5.41, 5.74) is 6.45. The topological polar surface area (TPSA) is 26.0 Å². The van der Waals surface area contributed by atoms with Crippen LogP contribution in [0, 0.1) is 0 Å². The van der Waals surface area contributed by atoms with Crippen LogP contribution in [0.1, 0.15) is 0 Å². The lowest BCUT2D eigenvalue weighted by atomic mass is 10.3. The summed E-state index contributed by atoms with van der Waals surface area (Å²) in [6, 6.07) is 8.14. The summed E-state index contributed by atoms with van der Waals surface area (Å²) in [7, 11) is -0.0101. The molecule has 0 radical (unpaired) electrons. The van der Waals surface area contributed by atoms with Gasteiger partial charge in [0.2, 0.25) is 0 Å². The van der Waals surface area contributed by atoms with Crippen LogP contribution in [0.3, 0.4) is 0 Å². The van der Waals surface area contributed by atoms with Crippen molar-refractivity contribution in [2.24, 2.45) is 0 Å². The van der Waals surface area contributed by atoms with E-state index in [0.717, 1.165) is 5.69 Å². The van der Waals surface area contributed by atoms with E-state index >= 15 is 0 Å². The Balaban J connectivity index is 2.94. The molecule has 1 nitrogen and oxygen atoms in total. The Morgan fingerprint density at radius 2 is 2.22 bits per heavy atom. The van der Waals surface area contributed by atoms with Crippen LogP contribution in [0.25, 0.3) is 0 Å². The summed E-state index contributed by atoms with van der Waals surface area (Å²) in [6.45, 7) is 2.26. The van der Waals surface area contributed by atoms with Crippen LogP contribution in [0.4, 0.5) is 5.69 Å². The fourth-order valence-corrected chi connectivity index (χ4v) is 1.62. The molecule has 0 saturated heterocycles. The molecule has 0 atom stereocenters. The number of benzene rings is 1. The normalized spacial score (nSPS) is 10.8. The minimum atomic E-state index is -0.0101. The maximum Gasteiger partial charge on any atom is 0.0518 e. The van der Waals surface area contributed by atoms with E-state index in [9.17, 15) is 0 Å². The Morgan fingerprint density at radius 3 is 2.67 bits per heavy atom. The maximum absolute atomic E-state index is 5.56. The molecule has 0 spiro atoms. The molecule has 0 bridgehead atoms. The molecule has 0 heterocycles. The van der Waals surface area contributed by atoms with E-state index in [4.69, 9.17) is 5.73 Å². The van der Waals surface area contributed by atoms with E-state index in [1.165, 1.54) is 5.19 Å². The van der Waals surface area contributed by atoms with Gasteiger partial charge in [0, 0.05) is 5.69 Å². The van der Waals surface area contributed by atoms with Gasteiger partial charge in [0.15, 0.2) is 0 Å². The average Bonchev–Trinajstić information content (AvgIpc) is 1.88. The minimum Gasteiger partial charge on any atom is -0.399 e. The zero-order valence-corrected chi connectivity index (χ0v) is 7.01. The van der Waals surface area contributed by atoms with Gasteiger partial charge in [-0.05, 0) is 12.1 Å². The van der Waals surface area contributed by atoms with Crippen LogP contribution in [0.15, 0.2) is 24.3 Å². The first-order valence-electron chi connectivity index (χ1n) is 3.17. The zero-order chi connectivity index (χ0) is 6.69. The molecule has 0 aliphatic carbocycles. The van der Waals surface area contributed by atoms with E-state index in [0.29, 0.717) is 0 Å². The molecule has 1 aromatic carbocycles. The van der Waals surface area contributed by atoms with E-state index in [2.05, 4.69) is 18.7 Å². The number of hydrogen-bond acceptors (Lipinski definition) is 1. The third kappa shape index (κ3) is 1.57. The van der Waals surface area contributed by atoms with E-state index in [-0.39, 0.29) is 9.52 Å². The van der Waals surface area contributed by atoms with Crippen molar-refractivity contribution in [3.63, 3.8) is 0 Å². The Labute approximate surface area is 57.7 Å². The zero-order valence-electron chi connectivity index (χ0n) is 5.59. The smallest absolute Gasteiger partial charge is 0.0518 e. The fourth-order valence-electron chi connectivity index (χ4n) is 0.813. The van der Waals surface area contributed by atoms with Crippen LogP contribution in [-0.2, 0) is 0 Å². The van der Waals surface area contributed by atoms with Gasteiger partial charge in [-0.1, -0.05) is 23.9 Å². The monoisotopic (exact) mass is 137 g/mol. The fraction of sp³-hybridized carbons (Fsp3) is 0.143. The van der Waals surface area contributed by atoms with Crippen molar-refractivity contribution in [2.75, 3.05) is 5.73 Å². The van der Waals surface area contributed by atoms with Gasteiger partial charge in [-0.25, -0.2) is 0 Å². The maximum atomic E-state index is 5.56. The minimum absolute atomic E-state index is 0.0101.